The molecular weight excluding hydrogens is 347 g/mol. The Morgan fingerprint density at radius 2 is 1.59 bits per heavy atom. The smallest absolute Gasteiger partial charge is 0.263 e. The molecule has 0 heterocycles. The van der Waals surface area contributed by atoms with Crippen LogP contribution in [0.1, 0.15) is 6.92 Å². The minimum absolute atomic E-state index is 0.0369. The maximum absolute atomic E-state index is 12.3. The van der Waals surface area contributed by atoms with Crippen molar-refractivity contribution >= 4 is 50.5 Å². The fourth-order valence-corrected chi connectivity index (χ4v) is 3.56. The number of rotatable bonds is 4. The van der Waals surface area contributed by atoms with Crippen LogP contribution in [0.25, 0.3) is 0 Å². The van der Waals surface area contributed by atoms with E-state index in [1.807, 2.05) is 0 Å². The lowest BCUT2D eigenvalue weighted by Crippen LogP contribution is -2.13. The maximum Gasteiger partial charge on any atom is 0.263 e. The van der Waals surface area contributed by atoms with E-state index in [2.05, 4.69) is 10.0 Å². The van der Waals surface area contributed by atoms with E-state index in [0.717, 1.165) is 0 Å². The summed E-state index contributed by atoms with van der Waals surface area (Å²) < 4.78 is 27.0. The number of sulfonamides is 1. The summed E-state index contributed by atoms with van der Waals surface area (Å²) in [4.78, 5) is 10.9. The molecular formula is C14H12Cl2N2O3S. The third-order valence-electron chi connectivity index (χ3n) is 2.64. The van der Waals surface area contributed by atoms with Crippen molar-refractivity contribution in [3.63, 3.8) is 0 Å². The predicted molar refractivity (Wildman–Crippen MR) is 88.0 cm³/mol. The van der Waals surface area contributed by atoms with Gasteiger partial charge in [-0.05, 0) is 42.5 Å². The summed E-state index contributed by atoms with van der Waals surface area (Å²) in [6.07, 6.45) is 0. The average molecular weight is 359 g/mol. The number of hydrogen-bond acceptors (Lipinski definition) is 3. The van der Waals surface area contributed by atoms with Gasteiger partial charge in [0.15, 0.2) is 0 Å². The lowest BCUT2D eigenvalue weighted by Gasteiger charge is -2.10. The van der Waals surface area contributed by atoms with Gasteiger partial charge in [-0.2, -0.15) is 0 Å². The van der Waals surface area contributed by atoms with Crippen molar-refractivity contribution in [2.75, 3.05) is 10.0 Å². The zero-order valence-corrected chi connectivity index (χ0v) is 13.8. The van der Waals surface area contributed by atoms with Gasteiger partial charge in [-0.1, -0.05) is 23.2 Å². The minimum atomic E-state index is -3.82. The van der Waals surface area contributed by atoms with Crippen molar-refractivity contribution < 1.29 is 13.2 Å². The Morgan fingerprint density at radius 1 is 1.00 bits per heavy atom. The van der Waals surface area contributed by atoms with E-state index in [4.69, 9.17) is 23.2 Å². The number of hydrogen-bond donors (Lipinski definition) is 2. The summed E-state index contributed by atoms with van der Waals surface area (Å²) in [5.41, 5.74) is 0.917. The van der Waals surface area contributed by atoms with E-state index in [0.29, 0.717) is 16.4 Å². The van der Waals surface area contributed by atoms with Gasteiger partial charge in [-0.25, -0.2) is 8.42 Å². The minimum Gasteiger partial charge on any atom is -0.326 e. The van der Waals surface area contributed by atoms with Crippen LogP contribution >= 0.6 is 23.2 Å². The first-order valence-corrected chi connectivity index (χ1v) is 8.37. The van der Waals surface area contributed by atoms with E-state index in [1.165, 1.54) is 37.3 Å². The number of nitrogens with one attached hydrogen (secondary N) is 2. The molecule has 0 unspecified atom stereocenters. The third-order valence-corrected chi connectivity index (χ3v) is 4.74. The van der Waals surface area contributed by atoms with Crippen LogP contribution in [-0.2, 0) is 14.8 Å². The van der Waals surface area contributed by atoms with Gasteiger partial charge in [0.25, 0.3) is 10.0 Å². The van der Waals surface area contributed by atoms with Crippen LogP contribution in [0.15, 0.2) is 47.4 Å². The Kier molecular flexibility index (Phi) is 4.95. The molecule has 2 aromatic rings. The quantitative estimate of drug-likeness (QED) is 0.873. The van der Waals surface area contributed by atoms with Crippen molar-refractivity contribution in [1.82, 2.24) is 0 Å². The Hall–Kier alpha value is -1.76. The summed E-state index contributed by atoms with van der Waals surface area (Å²) in [5.74, 6) is -0.207. The fraction of sp³-hybridized carbons (Fsp3) is 0.0714. The molecule has 8 heteroatoms. The van der Waals surface area contributed by atoms with Gasteiger partial charge in [0.1, 0.15) is 4.90 Å². The monoisotopic (exact) mass is 358 g/mol. The van der Waals surface area contributed by atoms with Crippen LogP contribution < -0.4 is 10.0 Å². The SMILES string of the molecule is CC(=O)Nc1ccc(NS(=O)(=O)c2ccc(Cl)cc2Cl)cc1. The van der Waals surface area contributed by atoms with Crippen molar-refractivity contribution in [3.8, 4) is 0 Å². The Bertz CT molecular complexity index is 805. The largest absolute Gasteiger partial charge is 0.326 e. The predicted octanol–water partition coefficient (Wildman–Crippen LogP) is 3.75. The molecule has 0 fully saturated rings. The highest BCUT2D eigenvalue weighted by Gasteiger charge is 2.18. The summed E-state index contributed by atoms with van der Waals surface area (Å²) in [6, 6.07) is 10.4. The Balaban J connectivity index is 2.23. The molecule has 2 rings (SSSR count). The van der Waals surface area contributed by atoms with Gasteiger partial charge in [0.05, 0.1) is 5.02 Å². The molecule has 0 saturated carbocycles. The molecule has 0 saturated heterocycles. The van der Waals surface area contributed by atoms with Gasteiger partial charge in [0, 0.05) is 23.3 Å². The van der Waals surface area contributed by atoms with Gasteiger partial charge in [-0.3, -0.25) is 9.52 Å². The number of amides is 1. The van der Waals surface area contributed by atoms with Crippen LogP contribution in [0.4, 0.5) is 11.4 Å². The first-order valence-electron chi connectivity index (χ1n) is 6.13. The van der Waals surface area contributed by atoms with Crippen LogP contribution in [0.3, 0.4) is 0 Å². The summed E-state index contributed by atoms with van der Waals surface area (Å²) >= 11 is 11.7. The molecule has 0 aliphatic rings. The molecule has 0 radical (unpaired) electrons. The van der Waals surface area contributed by atoms with Gasteiger partial charge < -0.3 is 5.32 Å². The van der Waals surface area contributed by atoms with Crippen LogP contribution in [0, 0.1) is 0 Å². The topological polar surface area (TPSA) is 75.3 Å². The van der Waals surface area contributed by atoms with Crippen LogP contribution in [0.5, 0.6) is 0 Å². The molecule has 116 valence electrons. The molecule has 22 heavy (non-hydrogen) atoms. The van der Waals surface area contributed by atoms with Gasteiger partial charge in [-0.15, -0.1) is 0 Å². The number of carbonyl (C=O) groups excluding carboxylic acids is 1. The van der Waals surface area contributed by atoms with Gasteiger partial charge in [0.2, 0.25) is 5.91 Å². The normalized spacial score (nSPS) is 11.0. The van der Waals surface area contributed by atoms with E-state index in [9.17, 15) is 13.2 Å². The lowest BCUT2D eigenvalue weighted by atomic mass is 10.3. The van der Waals surface area contributed by atoms with Crippen molar-refractivity contribution in [2.24, 2.45) is 0 Å². The Labute approximate surface area is 138 Å². The molecule has 0 bridgehead atoms. The van der Waals surface area contributed by atoms with E-state index in [-0.39, 0.29) is 15.8 Å². The summed E-state index contributed by atoms with van der Waals surface area (Å²) in [5, 5.41) is 2.98. The highest BCUT2D eigenvalue weighted by molar-refractivity contribution is 7.92. The van der Waals surface area contributed by atoms with E-state index in [1.54, 1.807) is 12.1 Å². The van der Waals surface area contributed by atoms with Gasteiger partial charge >= 0.3 is 0 Å². The molecule has 1 amide bonds. The number of carbonyl (C=O) groups is 1. The van der Waals surface area contributed by atoms with Crippen LogP contribution in [0.2, 0.25) is 10.0 Å². The first-order chi connectivity index (χ1) is 10.3. The zero-order chi connectivity index (χ0) is 16.3. The van der Waals surface area contributed by atoms with E-state index >= 15 is 0 Å². The maximum atomic E-state index is 12.3. The van der Waals surface area contributed by atoms with Crippen molar-refractivity contribution in [3.05, 3.63) is 52.5 Å². The van der Waals surface area contributed by atoms with E-state index < -0.39 is 10.0 Å². The molecule has 0 atom stereocenters. The molecule has 0 aliphatic carbocycles. The summed E-state index contributed by atoms with van der Waals surface area (Å²) in [7, 11) is -3.82. The molecule has 2 aromatic carbocycles. The molecule has 5 nitrogen and oxygen atoms in total. The molecule has 0 aliphatic heterocycles. The standard InChI is InChI=1S/C14H12Cl2N2O3S/c1-9(19)17-11-3-5-12(6-4-11)18-22(20,21)14-7-2-10(15)8-13(14)16/h2-8,18H,1H3,(H,17,19). The van der Waals surface area contributed by atoms with Crippen LogP contribution in [-0.4, -0.2) is 14.3 Å². The summed E-state index contributed by atoms with van der Waals surface area (Å²) in [6.45, 7) is 1.39. The highest BCUT2D eigenvalue weighted by Crippen LogP contribution is 2.27. The lowest BCUT2D eigenvalue weighted by molar-refractivity contribution is -0.114. The van der Waals surface area contributed by atoms with Crippen molar-refractivity contribution in [1.29, 1.82) is 0 Å². The second-order valence-corrected chi connectivity index (χ2v) is 6.93. The number of benzene rings is 2. The number of halogens is 2. The second-order valence-electron chi connectivity index (χ2n) is 4.44. The second kappa shape index (κ2) is 6.56. The molecule has 2 N–H and O–H groups in total. The zero-order valence-electron chi connectivity index (χ0n) is 11.4. The Morgan fingerprint density at radius 3 is 2.14 bits per heavy atom. The first kappa shape index (κ1) is 16.6. The third kappa shape index (κ3) is 4.13. The number of anilines is 2. The fourth-order valence-electron chi connectivity index (χ4n) is 1.73. The molecule has 0 aromatic heterocycles. The highest BCUT2D eigenvalue weighted by atomic mass is 35.5. The average Bonchev–Trinajstić information content (AvgIpc) is 2.39. The molecule has 0 spiro atoms. The van der Waals surface area contributed by atoms with Crippen molar-refractivity contribution in [2.45, 2.75) is 11.8 Å².